The van der Waals surface area contributed by atoms with Crippen LogP contribution in [0.4, 0.5) is 0 Å². The first-order valence-corrected chi connectivity index (χ1v) is 8.48. The van der Waals surface area contributed by atoms with E-state index in [4.69, 9.17) is 16.3 Å². The summed E-state index contributed by atoms with van der Waals surface area (Å²) in [6, 6.07) is 8.15. The van der Waals surface area contributed by atoms with Crippen LogP contribution in [-0.2, 0) is 4.74 Å². The molecular formula is C18H28ClNO2. The van der Waals surface area contributed by atoms with Crippen molar-refractivity contribution in [2.24, 2.45) is 0 Å². The smallest absolute Gasteiger partial charge is 0.0900 e. The van der Waals surface area contributed by atoms with Gasteiger partial charge in [0.2, 0.25) is 0 Å². The van der Waals surface area contributed by atoms with Crippen LogP contribution in [0.1, 0.15) is 45.6 Å². The van der Waals surface area contributed by atoms with Gasteiger partial charge in [0, 0.05) is 23.0 Å². The molecule has 1 heterocycles. The van der Waals surface area contributed by atoms with E-state index < -0.39 is 6.10 Å². The van der Waals surface area contributed by atoms with Crippen LogP contribution in [0.5, 0.6) is 0 Å². The fourth-order valence-electron chi connectivity index (χ4n) is 3.38. The van der Waals surface area contributed by atoms with Crippen LogP contribution in [0.2, 0.25) is 5.02 Å². The summed E-state index contributed by atoms with van der Waals surface area (Å²) in [6.07, 6.45) is 0.797. The Bertz CT molecular complexity index is 490. The number of aliphatic hydroxyl groups excluding tert-OH is 1. The van der Waals surface area contributed by atoms with Gasteiger partial charge in [0.1, 0.15) is 0 Å². The van der Waals surface area contributed by atoms with Crippen molar-refractivity contribution >= 4 is 11.6 Å². The number of ether oxygens (including phenoxy) is 1. The van der Waals surface area contributed by atoms with E-state index in [1.807, 2.05) is 26.0 Å². The van der Waals surface area contributed by atoms with Gasteiger partial charge in [-0.25, -0.2) is 0 Å². The van der Waals surface area contributed by atoms with Gasteiger partial charge in [-0.2, -0.15) is 0 Å². The number of halogens is 1. The van der Waals surface area contributed by atoms with Gasteiger partial charge in [-0.3, -0.25) is 4.90 Å². The lowest BCUT2D eigenvalue weighted by Crippen LogP contribution is -2.46. The number of hydrogen-bond donors (Lipinski definition) is 1. The highest BCUT2D eigenvalue weighted by Gasteiger charge is 2.42. The van der Waals surface area contributed by atoms with Crippen molar-refractivity contribution in [3.05, 3.63) is 34.9 Å². The second-order valence-corrected chi connectivity index (χ2v) is 7.47. The molecule has 1 aromatic carbocycles. The number of likely N-dealkylation sites (tertiary alicyclic amines) is 1. The summed E-state index contributed by atoms with van der Waals surface area (Å²) in [4.78, 5) is 2.37. The topological polar surface area (TPSA) is 32.7 Å². The van der Waals surface area contributed by atoms with E-state index in [1.165, 1.54) is 5.56 Å². The van der Waals surface area contributed by atoms with E-state index in [-0.39, 0.29) is 11.6 Å². The molecule has 0 bridgehead atoms. The zero-order chi connectivity index (χ0) is 16.3. The van der Waals surface area contributed by atoms with E-state index in [0.29, 0.717) is 19.1 Å². The molecular weight excluding hydrogens is 298 g/mol. The summed E-state index contributed by atoms with van der Waals surface area (Å²) in [5.41, 5.74) is 1.29. The third kappa shape index (κ3) is 4.23. The van der Waals surface area contributed by atoms with Crippen molar-refractivity contribution in [3.63, 3.8) is 0 Å². The van der Waals surface area contributed by atoms with Crippen molar-refractivity contribution in [3.8, 4) is 0 Å². The average Bonchev–Trinajstić information content (AvgIpc) is 2.72. The van der Waals surface area contributed by atoms with Crippen LogP contribution < -0.4 is 0 Å². The van der Waals surface area contributed by atoms with Crippen LogP contribution in [-0.4, -0.2) is 47.4 Å². The van der Waals surface area contributed by atoms with Gasteiger partial charge < -0.3 is 9.84 Å². The summed E-state index contributed by atoms with van der Waals surface area (Å²) >= 11 is 6.14. The normalized spacial score (nSPS) is 23.1. The number of nitrogens with zero attached hydrogens (tertiary/aromatic N) is 1. The quantitative estimate of drug-likeness (QED) is 0.865. The maximum absolute atomic E-state index is 10.2. The molecule has 2 unspecified atom stereocenters. The fraction of sp³-hybridized carbons (Fsp3) is 0.667. The second-order valence-electron chi connectivity index (χ2n) is 7.03. The molecule has 0 saturated carbocycles. The van der Waals surface area contributed by atoms with Gasteiger partial charge in [-0.15, -0.1) is 0 Å². The summed E-state index contributed by atoms with van der Waals surface area (Å²) in [5.74, 6) is 0.435. The second kappa shape index (κ2) is 7.31. The molecule has 2 atom stereocenters. The van der Waals surface area contributed by atoms with Crippen molar-refractivity contribution in [1.82, 2.24) is 4.90 Å². The van der Waals surface area contributed by atoms with E-state index in [1.54, 1.807) is 0 Å². The monoisotopic (exact) mass is 325 g/mol. The van der Waals surface area contributed by atoms with E-state index in [2.05, 4.69) is 30.9 Å². The predicted molar refractivity (Wildman–Crippen MR) is 91.6 cm³/mol. The molecule has 1 aliphatic heterocycles. The Morgan fingerprint density at radius 1 is 1.41 bits per heavy atom. The molecule has 2 rings (SSSR count). The average molecular weight is 326 g/mol. The van der Waals surface area contributed by atoms with Crippen molar-refractivity contribution in [2.75, 3.05) is 19.7 Å². The highest BCUT2D eigenvalue weighted by Crippen LogP contribution is 2.42. The van der Waals surface area contributed by atoms with E-state index in [0.717, 1.165) is 18.0 Å². The molecule has 1 aliphatic rings. The molecule has 22 heavy (non-hydrogen) atoms. The van der Waals surface area contributed by atoms with Crippen LogP contribution in [0, 0.1) is 0 Å². The van der Waals surface area contributed by atoms with Crippen molar-refractivity contribution < 1.29 is 9.84 Å². The molecule has 1 aromatic rings. The largest absolute Gasteiger partial charge is 0.389 e. The molecule has 1 N–H and O–H groups in total. The Morgan fingerprint density at radius 2 is 2.14 bits per heavy atom. The van der Waals surface area contributed by atoms with Gasteiger partial charge in [0.15, 0.2) is 0 Å². The standard InChI is InChI=1S/C18H28ClNO2/c1-13(2)22-12-16(21)11-20-9-8-17(18(20,3)4)14-6-5-7-15(19)10-14/h5-7,10,13,16-17,21H,8-9,11-12H2,1-4H3. The first kappa shape index (κ1) is 17.7. The first-order chi connectivity index (χ1) is 10.3. The zero-order valence-electron chi connectivity index (χ0n) is 14.1. The third-order valence-corrected chi connectivity index (χ3v) is 4.89. The van der Waals surface area contributed by atoms with Crippen molar-refractivity contribution in [2.45, 2.75) is 57.8 Å². The molecule has 3 nitrogen and oxygen atoms in total. The summed E-state index contributed by atoms with van der Waals surface area (Å²) in [6.45, 7) is 10.5. The third-order valence-electron chi connectivity index (χ3n) is 4.66. The lowest BCUT2D eigenvalue weighted by atomic mass is 9.82. The van der Waals surface area contributed by atoms with Crippen LogP contribution in [0.15, 0.2) is 24.3 Å². The van der Waals surface area contributed by atoms with Crippen LogP contribution in [0.25, 0.3) is 0 Å². The molecule has 0 aliphatic carbocycles. The molecule has 124 valence electrons. The van der Waals surface area contributed by atoms with E-state index in [9.17, 15) is 5.11 Å². The van der Waals surface area contributed by atoms with Crippen molar-refractivity contribution in [1.29, 1.82) is 0 Å². The van der Waals surface area contributed by atoms with Gasteiger partial charge in [0.05, 0.1) is 18.8 Å². The summed E-state index contributed by atoms with van der Waals surface area (Å²) in [7, 11) is 0. The van der Waals surface area contributed by atoms with Crippen LogP contribution >= 0.6 is 11.6 Å². The molecule has 0 amide bonds. The number of benzene rings is 1. The van der Waals surface area contributed by atoms with Gasteiger partial charge in [-0.1, -0.05) is 23.7 Å². The van der Waals surface area contributed by atoms with E-state index >= 15 is 0 Å². The number of β-amino-alcohol motifs (C(OH)–C–C–N with tert-alkyl or cyclic N) is 1. The zero-order valence-corrected chi connectivity index (χ0v) is 14.8. The minimum atomic E-state index is -0.445. The lowest BCUT2D eigenvalue weighted by molar-refractivity contribution is -0.0172. The fourth-order valence-corrected chi connectivity index (χ4v) is 3.58. The highest BCUT2D eigenvalue weighted by molar-refractivity contribution is 6.30. The highest BCUT2D eigenvalue weighted by atomic mass is 35.5. The molecule has 0 spiro atoms. The van der Waals surface area contributed by atoms with Crippen LogP contribution in [0.3, 0.4) is 0 Å². The number of aliphatic hydroxyl groups is 1. The molecule has 0 radical (unpaired) electrons. The maximum Gasteiger partial charge on any atom is 0.0900 e. The molecule has 1 fully saturated rings. The molecule has 0 aromatic heterocycles. The maximum atomic E-state index is 10.2. The number of hydrogen-bond acceptors (Lipinski definition) is 3. The summed E-state index contributed by atoms with van der Waals surface area (Å²) < 4.78 is 5.52. The molecule has 4 heteroatoms. The Labute approximate surface area is 139 Å². The minimum Gasteiger partial charge on any atom is -0.389 e. The van der Waals surface area contributed by atoms with Gasteiger partial charge in [0.25, 0.3) is 0 Å². The Kier molecular flexibility index (Phi) is 5.89. The molecule has 1 saturated heterocycles. The van der Waals surface area contributed by atoms with Gasteiger partial charge >= 0.3 is 0 Å². The Balaban J connectivity index is 2.01. The van der Waals surface area contributed by atoms with Gasteiger partial charge in [-0.05, 0) is 58.4 Å². The number of rotatable bonds is 6. The Hall–Kier alpha value is -0.610. The predicted octanol–water partition coefficient (Wildman–Crippen LogP) is 3.69. The summed E-state index contributed by atoms with van der Waals surface area (Å²) in [5, 5.41) is 11.0. The minimum absolute atomic E-state index is 0.00347. The lowest BCUT2D eigenvalue weighted by Gasteiger charge is -2.37. The Morgan fingerprint density at radius 3 is 2.77 bits per heavy atom. The first-order valence-electron chi connectivity index (χ1n) is 8.11. The SMILES string of the molecule is CC(C)OCC(O)CN1CCC(c2cccc(Cl)c2)C1(C)C.